The zero-order valence-corrected chi connectivity index (χ0v) is 8.66. The minimum absolute atomic E-state index is 0.285. The number of nitrogens with two attached hydrogens (primary N) is 1. The molecule has 5 heteroatoms. The molecule has 1 fully saturated rings. The highest BCUT2D eigenvalue weighted by molar-refractivity contribution is 5.82. The van der Waals surface area contributed by atoms with E-state index in [1.165, 1.54) is 0 Å². The van der Waals surface area contributed by atoms with Crippen molar-refractivity contribution in [3.05, 3.63) is 0 Å². The van der Waals surface area contributed by atoms with Crippen molar-refractivity contribution in [2.75, 3.05) is 26.9 Å². The Hall–Kier alpha value is -0.650. The normalized spacial score (nSPS) is 22.7. The lowest BCUT2D eigenvalue weighted by Crippen LogP contribution is -2.33. The van der Waals surface area contributed by atoms with Crippen LogP contribution in [0.25, 0.3) is 0 Å². The van der Waals surface area contributed by atoms with Crippen LogP contribution in [0.4, 0.5) is 0 Å². The molecule has 1 rings (SSSR count). The van der Waals surface area contributed by atoms with Gasteiger partial charge in [0.25, 0.3) is 0 Å². The van der Waals surface area contributed by atoms with Crippen LogP contribution in [0.3, 0.4) is 0 Å². The van der Waals surface area contributed by atoms with E-state index in [0.29, 0.717) is 13.2 Å². The quantitative estimate of drug-likeness (QED) is 0.217. The SMILES string of the molecule is COCCN=C(CC1CCCO1)NN. The standard InChI is InChI=1S/C9H19N3O2/c1-13-6-4-11-9(12-10)7-8-3-2-5-14-8/h8H,2-7,10H2,1H3,(H,11,12). The molecule has 0 spiro atoms. The molecule has 82 valence electrons. The van der Waals surface area contributed by atoms with E-state index >= 15 is 0 Å². The molecule has 0 amide bonds. The van der Waals surface area contributed by atoms with Gasteiger partial charge in [0, 0.05) is 20.1 Å². The van der Waals surface area contributed by atoms with Gasteiger partial charge in [0.15, 0.2) is 0 Å². The zero-order valence-electron chi connectivity index (χ0n) is 8.66. The summed E-state index contributed by atoms with van der Waals surface area (Å²) in [6.07, 6.45) is 3.30. The summed E-state index contributed by atoms with van der Waals surface area (Å²) >= 11 is 0. The van der Waals surface area contributed by atoms with E-state index in [2.05, 4.69) is 10.4 Å². The maximum atomic E-state index is 5.48. The molecule has 14 heavy (non-hydrogen) atoms. The second-order valence-electron chi connectivity index (χ2n) is 3.30. The van der Waals surface area contributed by atoms with Crippen LogP contribution < -0.4 is 11.3 Å². The minimum atomic E-state index is 0.285. The lowest BCUT2D eigenvalue weighted by Gasteiger charge is -2.11. The molecule has 1 saturated heterocycles. The van der Waals surface area contributed by atoms with Gasteiger partial charge in [0.2, 0.25) is 0 Å². The molecule has 0 aliphatic carbocycles. The van der Waals surface area contributed by atoms with E-state index in [4.69, 9.17) is 15.3 Å². The topological polar surface area (TPSA) is 68.9 Å². The number of hydrogen-bond acceptors (Lipinski definition) is 4. The maximum Gasteiger partial charge on any atom is 0.113 e. The van der Waals surface area contributed by atoms with Crippen LogP contribution in [0, 0.1) is 0 Å². The molecule has 1 heterocycles. The smallest absolute Gasteiger partial charge is 0.113 e. The highest BCUT2D eigenvalue weighted by atomic mass is 16.5. The van der Waals surface area contributed by atoms with Crippen molar-refractivity contribution in [3.8, 4) is 0 Å². The Morgan fingerprint density at radius 1 is 1.71 bits per heavy atom. The number of methoxy groups -OCH3 is 1. The number of aliphatic imine (C=N–C) groups is 1. The molecular weight excluding hydrogens is 182 g/mol. The third kappa shape index (κ3) is 4.04. The Bertz CT molecular complexity index is 179. The summed E-state index contributed by atoms with van der Waals surface area (Å²) in [6.45, 7) is 2.13. The first-order valence-corrected chi connectivity index (χ1v) is 4.97. The summed E-state index contributed by atoms with van der Waals surface area (Å²) in [5.74, 6) is 6.16. The number of rotatable bonds is 5. The molecule has 1 atom stereocenters. The summed E-state index contributed by atoms with van der Waals surface area (Å²) in [5, 5.41) is 0. The van der Waals surface area contributed by atoms with Crippen LogP contribution in [0.1, 0.15) is 19.3 Å². The summed E-state index contributed by atoms with van der Waals surface area (Å²) < 4.78 is 10.4. The van der Waals surface area contributed by atoms with Crippen LogP contribution >= 0.6 is 0 Å². The van der Waals surface area contributed by atoms with Crippen molar-refractivity contribution in [2.24, 2.45) is 10.8 Å². The van der Waals surface area contributed by atoms with Gasteiger partial charge in [0.05, 0.1) is 19.3 Å². The van der Waals surface area contributed by atoms with Crippen molar-refractivity contribution in [3.63, 3.8) is 0 Å². The Morgan fingerprint density at radius 2 is 2.57 bits per heavy atom. The van der Waals surface area contributed by atoms with E-state index in [0.717, 1.165) is 31.7 Å². The monoisotopic (exact) mass is 201 g/mol. The predicted molar refractivity (Wildman–Crippen MR) is 55.1 cm³/mol. The summed E-state index contributed by atoms with van der Waals surface area (Å²) in [7, 11) is 1.66. The molecule has 3 N–H and O–H groups in total. The van der Waals surface area contributed by atoms with Crippen LogP contribution in [-0.2, 0) is 9.47 Å². The molecule has 0 aromatic carbocycles. The molecule has 0 bridgehead atoms. The first-order chi connectivity index (χ1) is 6.86. The van der Waals surface area contributed by atoms with Gasteiger partial charge >= 0.3 is 0 Å². The van der Waals surface area contributed by atoms with E-state index < -0.39 is 0 Å². The van der Waals surface area contributed by atoms with Gasteiger partial charge < -0.3 is 14.9 Å². The molecule has 5 nitrogen and oxygen atoms in total. The van der Waals surface area contributed by atoms with Gasteiger partial charge in [0.1, 0.15) is 5.84 Å². The largest absolute Gasteiger partial charge is 0.383 e. The van der Waals surface area contributed by atoms with Crippen molar-refractivity contribution < 1.29 is 9.47 Å². The van der Waals surface area contributed by atoms with E-state index in [1.807, 2.05) is 0 Å². The Kier molecular flexibility index (Phi) is 5.51. The van der Waals surface area contributed by atoms with Crippen LogP contribution in [-0.4, -0.2) is 38.8 Å². The highest BCUT2D eigenvalue weighted by Gasteiger charge is 2.17. The lowest BCUT2D eigenvalue weighted by molar-refractivity contribution is 0.116. The van der Waals surface area contributed by atoms with E-state index in [-0.39, 0.29) is 6.10 Å². The number of nitrogens with zero attached hydrogens (tertiary/aromatic N) is 1. The third-order valence-corrected chi connectivity index (χ3v) is 2.21. The van der Waals surface area contributed by atoms with E-state index in [9.17, 15) is 0 Å². The fourth-order valence-corrected chi connectivity index (χ4v) is 1.46. The lowest BCUT2D eigenvalue weighted by atomic mass is 10.2. The summed E-state index contributed by atoms with van der Waals surface area (Å²) in [4.78, 5) is 4.27. The fraction of sp³-hybridized carbons (Fsp3) is 0.889. The predicted octanol–water partition coefficient (Wildman–Crippen LogP) is 0.0637. The van der Waals surface area contributed by atoms with Gasteiger partial charge in [-0.1, -0.05) is 0 Å². The van der Waals surface area contributed by atoms with Crippen LogP contribution in [0.2, 0.25) is 0 Å². The van der Waals surface area contributed by atoms with Crippen molar-refractivity contribution in [1.82, 2.24) is 5.43 Å². The molecule has 0 radical (unpaired) electrons. The number of hydrogen-bond donors (Lipinski definition) is 2. The first-order valence-electron chi connectivity index (χ1n) is 4.97. The molecule has 1 aliphatic rings. The highest BCUT2D eigenvalue weighted by Crippen LogP contribution is 2.15. The van der Waals surface area contributed by atoms with Crippen molar-refractivity contribution in [2.45, 2.75) is 25.4 Å². The average molecular weight is 201 g/mol. The number of nitrogens with one attached hydrogen (secondary N) is 1. The zero-order chi connectivity index (χ0) is 10.2. The molecule has 0 saturated carbocycles. The molecule has 1 unspecified atom stereocenters. The summed E-state index contributed by atoms with van der Waals surface area (Å²) in [5.41, 5.74) is 2.60. The van der Waals surface area contributed by atoms with Gasteiger partial charge in [-0.15, -0.1) is 0 Å². The Morgan fingerprint density at radius 3 is 3.14 bits per heavy atom. The molecule has 1 aliphatic heterocycles. The minimum Gasteiger partial charge on any atom is -0.383 e. The molecule has 0 aromatic rings. The second kappa shape index (κ2) is 6.75. The number of ether oxygens (including phenoxy) is 2. The average Bonchev–Trinajstić information content (AvgIpc) is 2.69. The maximum absolute atomic E-state index is 5.48. The number of hydrazine groups is 1. The van der Waals surface area contributed by atoms with Crippen molar-refractivity contribution in [1.29, 1.82) is 0 Å². The van der Waals surface area contributed by atoms with Gasteiger partial charge in [-0.05, 0) is 12.8 Å². The van der Waals surface area contributed by atoms with Gasteiger partial charge in [-0.3, -0.25) is 4.99 Å². The summed E-state index contributed by atoms with van der Waals surface area (Å²) in [6, 6.07) is 0. The molecule has 0 aromatic heterocycles. The third-order valence-electron chi connectivity index (χ3n) is 2.21. The van der Waals surface area contributed by atoms with Gasteiger partial charge in [-0.2, -0.15) is 0 Å². The second-order valence-corrected chi connectivity index (χ2v) is 3.30. The fourth-order valence-electron chi connectivity index (χ4n) is 1.46. The van der Waals surface area contributed by atoms with Crippen LogP contribution in [0.5, 0.6) is 0 Å². The van der Waals surface area contributed by atoms with Gasteiger partial charge in [-0.25, -0.2) is 5.84 Å². The Balaban J connectivity index is 2.25. The van der Waals surface area contributed by atoms with Crippen molar-refractivity contribution >= 4 is 5.84 Å². The van der Waals surface area contributed by atoms with Crippen LogP contribution in [0.15, 0.2) is 4.99 Å². The molecular formula is C9H19N3O2. The van der Waals surface area contributed by atoms with E-state index in [1.54, 1.807) is 7.11 Å². The number of amidine groups is 1. The Labute approximate surface area is 84.6 Å². The first kappa shape index (κ1) is 11.4.